The fourth-order valence-corrected chi connectivity index (χ4v) is 14.2. The van der Waals surface area contributed by atoms with Crippen molar-refractivity contribution in [2.24, 2.45) is 5.92 Å². The van der Waals surface area contributed by atoms with Crippen LogP contribution in [0.15, 0.2) is 30.3 Å². The molecule has 30 heavy (non-hydrogen) atoms. The number of benzene rings is 1. The van der Waals surface area contributed by atoms with Crippen LogP contribution in [0.1, 0.15) is 41.0 Å². The predicted octanol–water partition coefficient (Wildman–Crippen LogP) is 5.05. The molecule has 1 aromatic carbocycles. The van der Waals surface area contributed by atoms with Gasteiger partial charge in [-0.15, -0.1) is 0 Å². The normalized spacial score (nSPS) is 22.9. The van der Waals surface area contributed by atoms with Crippen molar-refractivity contribution in [3.05, 3.63) is 30.3 Å². The second-order valence-electron chi connectivity index (χ2n) is 9.48. The molecule has 0 aromatic heterocycles. The summed E-state index contributed by atoms with van der Waals surface area (Å²) in [6.07, 6.45) is -0.120. The molecule has 3 atom stereocenters. The molecule has 2 rings (SSSR count). The Labute approximate surface area is 189 Å². The van der Waals surface area contributed by atoms with E-state index < -0.39 is 26.8 Å². The van der Waals surface area contributed by atoms with E-state index in [1.165, 1.54) is 4.46 Å². The molecule has 0 saturated heterocycles. The van der Waals surface area contributed by atoms with Crippen LogP contribution in [-0.4, -0.2) is 53.0 Å². The average Bonchev–Trinajstić information content (AvgIpc) is 3.35. The number of hydrogen-bond donors (Lipinski definition) is 0. The van der Waals surface area contributed by atoms with Crippen molar-refractivity contribution < 1.29 is 23.1 Å². The van der Waals surface area contributed by atoms with Gasteiger partial charge in [-0.25, -0.2) is 0 Å². The zero-order chi connectivity index (χ0) is 22.7. The Hall–Kier alpha value is -0.424. The van der Waals surface area contributed by atoms with Crippen LogP contribution in [0.4, 0.5) is 0 Å². The number of esters is 1. The van der Waals surface area contributed by atoms with Crippen molar-refractivity contribution in [1.29, 1.82) is 0 Å². The van der Waals surface area contributed by atoms with E-state index in [4.69, 9.17) is 13.8 Å². The van der Waals surface area contributed by atoms with Gasteiger partial charge in [0.2, 0.25) is 0 Å². The van der Waals surface area contributed by atoms with Gasteiger partial charge in [0.1, 0.15) is 0 Å². The van der Waals surface area contributed by atoms with Crippen LogP contribution in [0, 0.1) is 5.92 Å². The summed E-state index contributed by atoms with van der Waals surface area (Å²) in [5, 5.41) is -1.20. The standard InChI is InChI=1S/C22H37O5PSeSi/c1-9-25-21(23)22(28(24,26-16(2)3)27-17(4)5)15-19(22)20(30(6,7)8)29-18-13-11-10-12-14-18/h10-14,16-17,19-20H,9,15H2,1-8H3/t19-,20-,22+/m1/s1. The van der Waals surface area contributed by atoms with E-state index in [9.17, 15) is 9.36 Å². The van der Waals surface area contributed by atoms with Gasteiger partial charge in [0.25, 0.3) is 0 Å². The van der Waals surface area contributed by atoms with Crippen LogP contribution in [0.2, 0.25) is 24.1 Å². The van der Waals surface area contributed by atoms with E-state index in [2.05, 4.69) is 43.9 Å². The van der Waals surface area contributed by atoms with Crippen LogP contribution >= 0.6 is 7.60 Å². The van der Waals surface area contributed by atoms with Gasteiger partial charge in [-0.2, -0.15) is 0 Å². The molecule has 0 N–H and O–H groups in total. The predicted molar refractivity (Wildman–Crippen MR) is 126 cm³/mol. The molecule has 1 fully saturated rings. The summed E-state index contributed by atoms with van der Waals surface area (Å²) < 4.78 is 33.2. The average molecular weight is 520 g/mol. The summed E-state index contributed by atoms with van der Waals surface area (Å²) >= 11 is 0.158. The SMILES string of the molecule is CCOC(=O)[C@]1(P(=O)(OC(C)C)OC(C)C)C[C@@H]1[C@H]([Se]c1ccccc1)[Si](C)(C)C. The van der Waals surface area contributed by atoms with E-state index >= 15 is 0 Å². The number of rotatable bonds is 11. The molecule has 0 aliphatic heterocycles. The minimum atomic E-state index is -3.74. The summed E-state index contributed by atoms with van der Waals surface area (Å²) in [5.74, 6) is -0.474. The quantitative estimate of drug-likeness (QED) is 0.233. The Bertz CT molecular complexity index is 751. The molecule has 1 aromatic rings. The van der Waals surface area contributed by atoms with Gasteiger partial charge in [0.15, 0.2) is 0 Å². The van der Waals surface area contributed by atoms with Gasteiger partial charge in [-0.3, -0.25) is 0 Å². The third-order valence-corrected chi connectivity index (χ3v) is 17.6. The second kappa shape index (κ2) is 10.0. The molecule has 1 aliphatic rings. The molecule has 0 spiro atoms. The molecule has 1 saturated carbocycles. The Morgan fingerprint density at radius 3 is 2.10 bits per heavy atom. The first-order chi connectivity index (χ1) is 13.9. The molecule has 8 heteroatoms. The fraction of sp³-hybridized carbons (Fsp3) is 0.682. The molecule has 0 unspecified atom stereocenters. The van der Waals surface area contributed by atoms with Gasteiger partial charge in [0.05, 0.1) is 0 Å². The zero-order valence-electron chi connectivity index (χ0n) is 19.5. The molecule has 0 radical (unpaired) electrons. The summed E-state index contributed by atoms with van der Waals surface area (Å²) in [6, 6.07) is 10.4. The van der Waals surface area contributed by atoms with Gasteiger partial charge in [-0.05, 0) is 0 Å². The Morgan fingerprint density at radius 1 is 1.13 bits per heavy atom. The second-order valence-corrected chi connectivity index (χ2v) is 20.5. The maximum absolute atomic E-state index is 14.2. The van der Waals surface area contributed by atoms with Gasteiger partial charge in [-0.1, -0.05) is 0 Å². The van der Waals surface area contributed by atoms with Gasteiger partial charge in [0, 0.05) is 0 Å². The van der Waals surface area contributed by atoms with Crippen molar-refractivity contribution in [3.63, 3.8) is 0 Å². The third kappa shape index (κ3) is 5.68. The number of hydrogen-bond acceptors (Lipinski definition) is 5. The van der Waals surface area contributed by atoms with Crippen molar-refractivity contribution in [3.8, 4) is 0 Å². The van der Waals surface area contributed by atoms with Crippen LogP contribution in [0.25, 0.3) is 0 Å². The first-order valence-corrected chi connectivity index (χ1v) is 17.7. The summed E-state index contributed by atoms with van der Waals surface area (Å²) in [5.41, 5.74) is 0. The van der Waals surface area contributed by atoms with Crippen LogP contribution in [0.3, 0.4) is 0 Å². The van der Waals surface area contributed by atoms with E-state index in [1.54, 1.807) is 6.92 Å². The van der Waals surface area contributed by atoms with Crippen LogP contribution in [-0.2, 0) is 23.1 Å². The van der Waals surface area contributed by atoms with Crippen molar-refractivity contribution in [2.45, 2.75) is 82.5 Å². The summed E-state index contributed by atoms with van der Waals surface area (Å²) in [6.45, 7) is 16.3. The number of carbonyl (C=O) groups excluding carboxylic acids is 1. The van der Waals surface area contributed by atoms with Crippen molar-refractivity contribution >= 4 is 41.1 Å². The van der Waals surface area contributed by atoms with Crippen molar-refractivity contribution in [2.75, 3.05) is 6.61 Å². The molecule has 5 nitrogen and oxygen atoms in total. The number of carbonyl (C=O) groups is 1. The molecule has 0 bridgehead atoms. The first-order valence-electron chi connectivity index (χ1n) is 10.7. The molecular formula is C22H37O5PSeSi. The molecule has 170 valence electrons. The van der Waals surface area contributed by atoms with E-state index in [0.717, 1.165) is 0 Å². The Morgan fingerprint density at radius 2 is 1.67 bits per heavy atom. The van der Waals surface area contributed by atoms with Gasteiger partial charge >= 0.3 is 190 Å². The third-order valence-electron chi connectivity index (χ3n) is 5.03. The molecular weight excluding hydrogens is 482 g/mol. The molecule has 1 aliphatic carbocycles. The zero-order valence-corrected chi connectivity index (χ0v) is 23.1. The summed E-state index contributed by atoms with van der Waals surface area (Å²) in [7, 11) is -5.43. The minimum absolute atomic E-state index is 0.0493. The Balaban J connectivity index is 2.51. The topological polar surface area (TPSA) is 61.8 Å². The first kappa shape index (κ1) is 25.8. The van der Waals surface area contributed by atoms with Crippen LogP contribution in [0.5, 0.6) is 0 Å². The van der Waals surface area contributed by atoms with Gasteiger partial charge < -0.3 is 0 Å². The number of ether oxygens (including phenoxy) is 1. The Kier molecular flexibility index (Phi) is 8.63. The van der Waals surface area contributed by atoms with E-state index in [-0.39, 0.29) is 39.7 Å². The molecule has 0 amide bonds. The monoisotopic (exact) mass is 520 g/mol. The maximum atomic E-state index is 14.2. The van der Waals surface area contributed by atoms with Crippen molar-refractivity contribution in [1.82, 2.24) is 0 Å². The van der Waals surface area contributed by atoms with E-state index in [0.29, 0.717) is 10.9 Å². The van der Waals surface area contributed by atoms with E-state index in [1.807, 2.05) is 33.8 Å². The fourth-order valence-electron chi connectivity index (χ4n) is 3.83. The summed E-state index contributed by atoms with van der Waals surface area (Å²) in [4.78, 5) is 13.3. The van der Waals surface area contributed by atoms with Crippen LogP contribution < -0.4 is 4.46 Å². The molecule has 0 heterocycles.